The summed E-state index contributed by atoms with van der Waals surface area (Å²) in [6.45, 7) is 0. The molecule has 0 bridgehead atoms. The SMILES string of the molecule is CN(C)C(=O)CSC(=N)N=C(N)N. The van der Waals surface area contributed by atoms with Gasteiger partial charge in [-0.05, 0) is 0 Å². The molecule has 0 fully saturated rings. The Balaban J connectivity index is 3.84. The molecule has 1 amide bonds. The first-order valence-corrected chi connectivity index (χ1v) is 4.43. The van der Waals surface area contributed by atoms with Crippen LogP contribution in [0.1, 0.15) is 0 Å². The highest BCUT2D eigenvalue weighted by Gasteiger charge is 2.05. The third-order valence-corrected chi connectivity index (χ3v) is 1.82. The molecule has 0 saturated heterocycles. The highest BCUT2D eigenvalue weighted by Crippen LogP contribution is 2.03. The summed E-state index contributed by atoms with van der Waals surface area (Å²) in [6, 6.07) is 0. The van der Waals surface area contributed by atoms with Gasteiger partial charge in [-0.3, -0.25) is 10.2 Å². The molecule has 0 unspecified atom stereocenters. The van der Waals surface area contributed by atoms with Crippen molar-refractivity contribution in [1.82, 2.24) is 4.90 Å². The van der Waals surface area contributed by atoms with Gasteiger partial charge in [0.1, 0.15) is 0 Å². The number of carbonyl (C=O) groups is 1. The van der Waals surface area contributed by atoms with Gasteiger partial charge in [0.15, 0.2) is 11.1 Å². The first-order chi connectivity index (χ1) is 5.93. The Morgan fingerprint density at radius 2 is 2.08 bits per heavy atom. The van der Waals surface area contributed by atoms with Crippen LogP contribution < -0.4 is 11.5 Å². The van der Waals surface area contributed by atoms with Crippen LogP contribution in [0.25, 0.3) is 0 Å². The van der Waals surface area contributed by atoms with Gasteiger partial charge in [0.25, 0.3) is 0 Å². The highest BCUT2D eigenvalue weighted by atomic mass is 32.2. The molecule has 6 nitrogen and oxygen atoms in total. The monoisotopic (exact) mass is 203 g/mol. The Bertz CT molecular complexity index is 233. The van der Waals surface area contributed by atoms with Gasteiger partial charge in [-0.15, -0.1) is 0 Å². The molecule has 0 spiro atoms. The molecule has 0 aliphatic rings. The summed E-state index contributed by atoms with van der Waals surface area (Å²) < 4.78 is 0. The maximum absolute atomic E-state index is 11.0. The minimum Gasteiger partial charge on any atom is -0.370 e. The third-order valence-electron chi connectivity index (χ3n) is 1.06. The zero-order chi connectivity index (χ0) is 10.4. The molecule has 13 heavy (non-hydrogen) atoms. The molecule has 74 valence electrons. The second kappa shape index (κ2) is 5.41. The van der Waals surface area contributed by atoms with Crippen LogP contribution in [0.5, 0.6) is 0 Å². The lowest BCUT2D eigenvalue weighted by atomic mass is 10.6. The van der Waals surface area contributed by atoms with Gasteiger partial charge >= 0.3 is 0 Å². The van der Waals surface area contributed by atoms with Crippen LogP contribution in [-0.2, 0) is 4.79 Å². The van der Waals surface area contributed by atoms with Crippen LogP contribution >= 0.6 is 11.8 Å². The fourth-order valence-electron chi connectivity index (χ4n) is 0.409. The van der Waals surface area contributed by atoms with Crippen molar-refractivity contribution in [2.75, 3.05) is 19.8 Å². The van der Waals surface area contributed by atoms with Crippen LogP contribution in [0.3, 0.4) is 0 Å². The van der Waals surface area contributed by atoms with Crippen LogP contribution in [0.4, 0.5) is 0 Å². The standard InChI is InChI=1S/C6H13N5OS/c1-11(2)4(12)3-13-6(9)10-5(7)8/h3H2,1-2H3,(H5,7,8,9,10). The zero-order valence-corrected chi connectivity index (χ0v) is 8.39. The summed E-state index contributed by atoms with van der Waals surface area (Å²) >= 11 is 0.986. The van der Waals surface area contributed by atoms with E-state index in [1.165, 1.54) is 4.90 Å². The lowest BCUT2D eigenvalue weighted by Crippen LogP contribution is -2.25. The number of thioether (sulfide) groups is 1. The third kappa shape index (κ3) is 5.97. The molecule has 0 saturated carbocycles. The van der Waals surface area contributed by atoms with Crippen molar-refractivity contribution in [1.29, 1.82) is 5.41 Å². The van der Waals surface area contributed by atoms with Crippen LogP contribution in [-0.4, -0.2) is 41.8 Å². The lowest BCUT2D eigenvalue weighted by Gasteiger charge is -2.08. The molecule has 5 N–H and O–H groups in total. The minimum absolute atomic E-state index is 0.0600. The maximum atomic E-state index is 11.0. The summed E-state index contributed by atoms with van der Waals surface area (Å²) in [4.78, 5) is 15.9. The fraction of sp³-hybridized carbons (Fsp3) is 0.500. The molecule has 7 heteroatoms. The highest BCUT2D eigenvalue weighted by molar-refractivity contribution is 8.14. The van der Waals surface area contributed by atoms with Crippen LogP contribution in [0.15, 0.2) is 4.99 Å². The number of hydrogen-bond acceptors (Lipinski definition) is 3. The molecule has 0 aromatic carbocycles. The van der Waals surface area contributed by atoms with E-state index >= 15 is 0 Å². The van der Waals surface area contributed by atoms with Gasteiger partial charge in [0.05, 0.1) is 5.75 Å². The van der Waals surface area contributed by atoms with Gasteiger partial charge in [0, 0.05) is 14.1 Å². The van der Waals surface area contributed by atoms with E-state index in [1.807, 2.05) is 0 Å². The van der Waals surface area contributed by atoms with Crippen molar-refractivity contribution in [3.8, 4) is 0 Å². The minimum atomic E-state index is -0.171. The number of nitrogens with two attached hydrogens (primary N) is 2. The summed E-state index contributed by atoms with van der Waals surface area (Å²) in [5.74, 6) is -0.0851. The van der Waals surface area contributed by atoms with Crippen LogP contribution in [0, 0.1) is 5.41 Å². The van der Waals surface area contributed by atoms with E-state index in [2.05, 4.69) is 4.99 Å². The first-order valence-electron chi connectivity index (χ1n) is 3.44. The molecule has 0 aromatic rings. The van der Waals surface area contributed by atoms with Gasteiger partial charge < -0.3 is 16.4 Å². The smallest absolute Gasteiger partial charge is 0.232 e. The second-order valence-corrected chi connectivity index (χ2v) is 3.38. The molecule has 0 atom stereocenters. The summed E-state index contributed by atoms with van der Waals surface area (Å²) in [6.07, 6.45) is 0. The fourth-order valence-corrected chi connectivity index (χ4v) is 1.10. The topological polar surface area (TPSA) is 109 Å². The second-order valence-electron chi connectivity index (χ2n) is 2.42. The Labute approximate surface area is 80.9 Å². The maximum Gasteiger partial charge on any atom is 0.232 e. The van der Waals surface area contributed by atoms with E-state index in [1.54, 1.807) is 14.1 Å². The lowest BCUT2D eigenvalue weighted by molar-refractivity contribution is -0.125. The van der Waals surface area contributed by atoms with Gasteiger partial charge in [-0.25, -0.2) is 0 Å². The Morgan fingerprint density at radius 3 is 2.46 bits per heavy atom. The number of carbonyl (C=O) groups excluding carboxylic acids is 1. The van der Waals surface area contributed by atoms with E-state index in [-0.39, 0.29) is 22.8 Å². The number of hydrogen-bond donors (Lipinski definition) is 3. The van der Waals surface area contributed by atoms with Crippen molar-refractivity contribution < 1.29 is 4.79 Å². The van der Waals surface area contributed by atoms with E-state index in [4.69, 9.17) is 16.9 Å². The van der Waals surface area contributed by atoms with Crippen molar-refractivity contribution in [2.45, 2.75) is 0 Å². The molecule has 0 aliphatic heterocycles. The molecule has 0 radical (unpaired) electrons. The van der Waals surface area contributed by atoms with Crippen molar-refractivity contribution in [3.63, 3.8) is 0 Å². The largest absolute Gasteiger partial charge is 0.370 e. The number of amides is 1. The molecule has 0 heterocycles. The number of amidine groups is 1. The predicted octanol–water partition coefficient (Wildman–Crippen LogP) is -0.984. The average Bonchev–Trinajstić information content (AvgIpc) is 1.98. The number of aliphatic imine (C=N–C) groups is 1. The summed E-state index contributed by atoms with van der Waals surface area (Å²) in [7, 11) is 3.29. The van der Waals surface area contributed by atoms with E-state index in [0.29, 0.717) is 0 Å². The molecular weight excluding hydrogens is 190 g/mol. The Hall–Kier alpha value is -1.24. The Kier molecular flexibility index (Phi) is 4.90. The van der Waals surface area contributed by atoms with Crippen molar-refractivity contribution in [3.05, 3.63) is 0 Å². The average molecular weight is 203 g/mol. The first kappa shape index (κ1) is 11.8. The molecule has 0 aromatic heterocycles. The van der Waals surface area contributed by atoms with Gasteiger partial charge in [0.2, 0.25) is 5.91 Å². The van der Waals surface area contributed by atoms with Crippen molar-refractivity contribution >= 4 is 28.8 Å². The predicted molar refractivity (Wildman–Crippen MR) is 54.7 cm³/mol. The van der Waals surface area contributed by atoms with E-state index in [0.717, 1.165) is 11.8 Å². The van der Waals surface area contributed by atoms with Gasteiger partial charge in [-0.2, -0.15) is 4.99 Å². The summed E-state index contributed by atoms with van der Waals surface area (Å²) in [5.41, 5.74) is 10.1. The normalized spacial score (nSPS) is 9.08. The Morgan fingerprint density at radius 1 is 1.54 bits per heavy atom. The number of nitrogens with zero attached hydrogens (tertiary/aromatic N) is 2. The molecule has 0 rings (SSSR count). The van der Waals surface area contributed by atoms with E-state index < -0.39 is 0 Å². The van der Waals surface area contributed by atoms with Gasteiger partial charge in [-0.1, -0.05) is 11.8 Å². The van der Waals surface area contributed by atoms with E-state index in [9.17, 15) is 4.79 Å². The van der Waals surface area contributed by atoms with Crippen LogP contribution in [0.2, 0.25) is 0 Å². The number of guanidine groups is 1. The summed E-state index contributed by atoms with van der Waals surface area (Å²) in [5, 5.41) is 7.14. The number of rotatable bonds is 2. The zero-order valence-electron chi connectivity index (χ0n) is 7.57. The van der Waals surface area contributed by atoms with Crippen molar-refractivity contribution in [2.24, 2.45) is 16.5 Å². The molecular formula is C6H13N5OS. The molecule has 0 aliphatic carbocycles. The number of nitrogens with one attached hydrogen (secondary N) is 1. The quantitative estimate of drug-likeness (QED) is 0.395.